The van der Waals surface area contributed by atoms with Crippen molar-refractivity contribution in [2.75, 3.05) is 5.32 Å². The monoisotopic (exact) mass is 307 g/mol. The highest BCUT2D eigenvalue weighted by Crippen LogP contribution is 2.21. The average Bonchev–Trinajstić information content (AvgIpc) is 2.92. The van der Waals surface area contributed by atoms with Crippen LogP contribution in [0.5, 0.6) is 0 Å². The van der Waals surface area contributed by atoms with Gasteiger partial charge in [-0.25, -0.2) is 4.98 Å². The van der Waals surface area contributed by atoms with E-state index in [4.69, 9.17) is 4.98 Å². The number of fused-ring (bicyclic) bond motifs is 1. The van der Waals surface area contributed by atoms with Gasteiger partial charge in [0, 0.05) is 13.1 Å². The molecule has 120 valence electrons. The molecule has 1 heterocycles. The lowest BCUT2D eigenvalue weighted by Crippen LogP contribution is -2.07. The lowest BCUT2D eigenvalue weighted by Gasteiger charge is -2.11. The zero-order chi connectivity index (χ0) is 16.2. The van der Waals surface area contributed by atoms with E-state index in [1.165, 1.54) is 16.6 Å². The predicted molar refractivity (Wildman–Crippen MR) is 97.9 cm³/mol. The summed E-state index contributed by atoms with van der Waals surface area (Å²) < 4.78 is 2.28. The van der Waals surface area contributed by atoms with Crippen LogP contribution in [0.1, 0.15) is 44.2 Å². The molecule has 0 amide bonds. The molecule has 0 bridgehead atoms. The fraction of sp³-hybridized carbons (Fsp3) is 0.350. The Bertz CT molecular complexity index is 769. The lowest BCUT2D eigenvalue weighted by atomic mass is 10.0. The third-order valence-electron chi connectivity index (χ3n) is 4.20. The second-order valence-electron chi connectivity index (χ2n) is 6.33. The fourth-order valence-corrected chi connectivity index (χ4v) is 2.86. The van der Waals surface area contributed by atoms with E-state index in [-0.39, 0.29) is 0 Å². The van der Waals surface area contributed by atoms with Crippen molar-refractivity contribution in [3.8, 4) is 0 Å². The minimum atomic E-state index is 0.575. The van der Waals surface area contributed by atoms with Crippen LogP contribution in [0.2, 0.25) is 0 Å². The van der Waals surface area contributed by atoms with Crippen molar-refractivity contribution in [3.63, 3.8) is 0 Å². The van der Waals surface area contributed by atoms with Gasteiger partial charge in [0.15, 0.2) is 0 Å². The number of imidazole rings is 1. The van der Waals surface area contributed by atoms with E-state index in [0.29, 0.717) is 5.92 Å². The summed E-state index contributed by atoms with van der Waals surface area (Å²) in [6, 6.07) is 17.2. The van der Waals surface area contributed by atoms with Crippen LogP contribution in [0.15, 0.2) is 48.5 Å². The SMILES string of the molecule is CCCn1c(NCc2ccc(C(C)C)cc2)nc2ccccc21. The van der Waals surface area contributed by atoms with Crippen LogP contribution in [-0.2, 0) is 13.1 Å². The quantitative estimate of drug-likeness (QED) is 0.680. The number of anilines is 1. The summed E-state index contributed by atoms with van der Waals surface area (Å²) in [6.07, 6.45) is 1.10. The average molecular weight is 307 g/mol. The van der Waals surface area contributed by atoms with E-state index in [9.17, 15) is 0 Å². The van der Waals surface area contributed by atoms with Crippen molar-refractivity contribution in [1.82, 2.24) is 9.55 Å². The molecular formula is C20H25N3. The summed E-state index contributed by atoms with van der Waals surface area (Å²) in [5.41, 5.74) is 4.92. The van der Waals surface area contributed by atoms with Gasteiger partial charge in [0.2, 0.25) is 5.95 Å². The fourth-order valence-electron chi connectivity index (χ4n) is 2.86. The van der Waals surface area contributed by atoms with Gasteiger partial charge in [-0.05, 0) is 35.6 Å². The third-order valence-corrected chi connectivity index (χ3v) is 4.20. The van der Waals surface area contributed by atoms with Gasteiger partial charge < -0.3 is 9.88 Å². The molecule has 3 heteroatoms. The normalized spacial score (nSPS) is 11.3. The number of aryl methyl sites for hydroxylation is 1. The number of rotatable bonds is 6. The molecule has 0 atom stereocenters. The maximum absolute atomic E-state index is 4.74. The molecule has 0 saturated carbocycles. The number of hydrogen-bond donors (Lipinski definition) is 1. The first-order valence-corrected chi connectivity index (χ1v) is 8.47. The van der Waals surface area contributed by atoms with Gasteiger partial charge in [-0.1, -0.05) is 57.2 Å². The Morgan fingerprint density at radius 2 is 1.78 bits per heavy atom. The summed E-state index contributed by atoms with van der Waals surface area (Å²) >= 11 is 0. The van der Waals surface area contributed by atoms with E-state index in [2.05, 4.69) is 73.1 Å². The molecule has 0 radical (unpaired) electrons. The van der Waals surface area contributed by atoms with Crippen molar-refractivity contribution in [2.24, 2.45) is 0 Å². The van der Waals surface area contributed by atoms with Crippen LogP contribution in [0.3, 0.4) is 0 Å². The topological polar surface area (TPSA) is 29.9 Å². The molecule has 2 aromatic carbocycles. The first-order valence-electron chi connectivity index (χ1n) is 8.47. The highest BCUT2D eigenvalue weighted by molar-refractivity contribution is 5.78. The largest absolute Gasteiger partial charge is 0.352 e. The van der Waals surface area contributed by atoms with Crippen molar-refractivity contribution in [1.29, 1.82) is 0 Å². The van der Waals surface area contributed by atoms with Crippen molar-refractivity contribution >= 4 is 17.0 Å². The predicted octanol–water partition coefficient (Wildman–Crippen LogP) is 5.18. The second kappa shape index (κ2) is 6.86. The molecule has 3 rings (SSSR count). The molecule has 0 unspecified atom stereocenters. The van der Waals surface area contributed by atoms with Gasteiger partial charge in [-0.3, -0.25) is 0 Å². The summed E-state index contributed by atoms with van der Waals surface area (Å²) in [4.78, 5) is 4.74. The minimum absolute atomic E-state index is 0.575. The Morgan fingerprint density at radius 3 is 2.48 bits per heavy atom. The van der Waals surface area contributed by atoms with Gasteiger partial charge in [0.05, 0.1) is 11.0 Å². The molecule has 3 aromatic rings. The number of aromatic nitrogens is 2. The molecule has 1 aromatic heterocycles. The third kappa shape index (κ3) is 3.39. The highest BCUT2D eigenvalue weighted by atomic mass is 15.2. The maximum atomic E-state index is 4.74. The number of hydrogen-bond acceptors (Lipinski definition) is 2. The molecule has 0 aliphatic heterocycles. The van der Waals surface area contributed by atoms with E-state index in [0.717, 1.165) is 31.0 Å². The Labute approximate surface area is 138 Å². The highest BCUT2D eigenvalue weighted by Gasteiger charge is 2.09. The van der Waals surface area contributed by atoms with Crippen LogP contribution in [0.4, 0.5) is 5.95 Å². The minimum Gasteiger partial charge on any atom is -0.352 e. The van der Waals surface area contributed by atoms with Crippen LogP contribution in [-0.4, -0.2) is 9.55 Å². The van der Waals surface area contributed by atoms with Crippen LogP contribution in [0, 0.1) is 0 Å². The van der Waals surface area contributed by atoms with E-state index in [1.54, 1.807) is 0 Å². The molecule has 23 heavy (non-hydrogen) atoms. The number of benzene rings is 2. The molecule has 0 fully saturated rings. The first kappa shape index (κ1) is 15.6. The van der Waals surface area contributed by atoms with Gasteiger partial charge in [-0.15, -0.1) is 0 Å². The Balaban J connectivity index is 1.79. The van der Waals surface area contributed by atoms with Crippen LogP contribution < -0.4 is 5.32 Å². The number of para-hydroxylation sites is 2. The summed E-state index contributed by atoms with van der Waals surface area (Å²) in [5.74, 6) is 1.53. The smallest absolute Gasteiger partial charge is 0.204 e. The van der Waals surface area contributed by atoms with E-state index in [1.807, 2.05) is 6.07 Å². The maximum Gasteiger partial charge on any atom is 0.204 e. The zero-order valence-electron chi connectivity index (χ0n) is 14.2. The Morgan fingerprint density at radius 1 is 1.04 bits per heavy atom. The van der Waals surface area contributed by atoms with Gasteiger partial charge >= 0.3 is 0 Å². The second-order valence-corrected chi connectivity index (χ2v) is 6.33. The number of nitrogens with zero attached hydrogens (tertiary/aromatic N) is 2. The van der Waals surface area contributed by atoms with Gasteiger partial charge in [0.1, 0.15) is 0 Å². The summed E-state index contributed by atoms with van der Waals surface area (Å²) in [5, 5.41) is 3.50. The first-order chi connectivity index (χ1) is 11.2. The van der Waals surface area contributed by atoms with Crippen LogP contribution >= 0.6 is 0 Å². The molecule has 3 nitrogen and oxygen atoms in total. The lowest BCUT2D eigenvalue weighted by molar-refractivity contribution is 0.700. The van der Waals surface area contributed by atoms with Gasteiger partial charge in [-0.2, -0.15) is 0 Å². The Kier molecular flexibility index (Phi) is 4.65. The molecule has 0 saturated heterocycles. The molecule has 0 aliphatic rings. The van der Waals surface area contributed by atoms with Crippen molar-refractivity contribution < 1.29 is 0 Å². The van der Waals surface area contributed by atoms with E-state index >= 15 is 0 Å². The number of nitrogens with one attached hydrogen (secondary N) is 1. The molecule has 0 spiro atoms. The van der Waals surface area contributed by atoms with Crippen molar-refractivity contribution in [2.45, 2.75) is 46.2 Å². The van der Waals surface area contributed by atoms with Gasteiger partial charge in [0.25, 0.3) is 0 Å². The van der Waals surface area contributed by atoms with Crippen LogP contribution in [0.25, 0.3) is 11.0 Å². The summed E-state index contributed by atoms with van der Waals surface area (Å²) in [7, 11) is 0. The van der Waals surface area contributed by atoms with Crippen molar-refractivity contribution in [3.05, 3.63) is 59.7 Å². The molecule has 0 aliphatic carbocycles. The summed E-state index contributed by atoms with van der Waals surface area (Å²) in [6.45, 7) is 8.42. The standard InChI is InChI=1S/C20H25N3/c1-4-13-23-19-8-6-5-7-18(19)22-20(23)21-14-16-9-11-17(12-10-16)15(2)3/h5-12,15H,4,13-14H2,1-3H3,(H,21,22). The molecule has 1 N–H and O–H groups in total. The Hall–Kier alpha value is -2.29. The molecular weight excluding hydrogens is 282 g/mol. The zero-order valence-corrected chi connectivity index (χ0v) is 14.2. The van der Waals surface area contributed by atoms with E-state index < -0.39 is 0 Å².